The predicted molar refractivity (Wildman–Crippen MR) is 93.8 cm³/mol. The Labute approximate surface area is 148 Å². The number of ketones is 1. The first-order valence-electron chi connectivity index (χ1n) is 7.67. The van der Waals surface area contributed by atoms with Crippen molar-refractivity contribution in [3.63, 3.8) is 0 Å². The average molecular weight is 360 g/mol. The highest BCUT2D eigenvalue weighted by atomic mass is 32.2. The van der Waals surface area contributed by atoms with Crippen molar-refractivity contribution in [2.24, 2.45) is 5.73 Å². The Morgan fingerprint density at radius 3 is 2.72 bits per heavy atom. The predicted octanol–water partition coefficient (Wildman–Crippen LogP) is 1.69. The Hall–Kier alpha value is -2.74. The summed E-state index contributed by atoms with van der Waals surface area (Å²) in [5, 5.41) is 2.47. The summed E-state index contributed by atoms with van der Waals surface area (Å²) < 4.78 is 11.3. The summed E-state index contributed by atoms with van der Waals surface area (Å²) in [5.74, 6) is 0.521. The fourth-order valence-electron chi connectivity index (χ4n) is 2.41. The van der Waals surface area contributed by atoms with Crippen LogP contribution in [0.3, 0.4) is 0 Å². The second kappa shape index (κ2) is 7.43. The first-order chi connectivity index (χ1) is 12.1. The lowest BCUT2D eigenvalue weighted by Gasteiger charge is -2.10. The molecule has 0 atom stereocenters. The number of benzene rings is 1. The summed E-state index contributed by atoms with van der Waals surface area (Å²) in [6.45, 7) is 0. The van der Waals surface area contributed by atoms with E-state index in [1.54, 1.807) is 31.4 Å². The quantitative estimate of drug-likeness (QED) is 0.600. The Balaban J connectivity index is 1.78. The molecule has 2 aromatic rings. The number of nitrogens with one attached hydrogen (secondary N) is 1. The van der Waals surface area contributed by atoms with Crippen molar-refractivity contribution in [1.82, 2.24) is 5.27 Å². The molecular formula is C17H18N3O4S+. The number of hydrogen-bond acceptors (Lipinski definition) is 6. The SMILES string of the molecule is COc1ccc(-[n+]2[nH]oc(=O)c2C(=O)CSC2=CC=C(N)CC2)cc1. The van der Waals surface area contributed by atoms with Gasteiger partial charge in [0.1, 0.15) is 5.75 Å². The Morgan fingerprint density at radius 2 is 2.08 bits per heavy atom. The molecule has 3 rings (SSSR count). The van der Waals surface area contributed by atoms with Crippen LogP contribution < -0.4 is 20.8 Å². The topological polar surface area (TPSA) is 102 Å². The van der Waals surface area contributed by atoms with Crippen LogP contribution in [-0.4, -0.2) is 23.9 Å². The maximum atomic E-state index is 12.5. The number of thioether (sulfide) groups is 1. The van der Waals surface area contributed by atoms with Crippen LogP contribution in [0.25, 0.3) is 5.69 Å². The van der Waals surface area contributed by atoms with Gasteiger partial charge >= 0.3 is 11.3 Å². The van der Waals surface area contributed by atoms with Crippen molar-refractivity contribution in [2.75, 3.05) is 12.9 Å². The van der Waals surface area contributed by atoms with Crippen molar-refractivity contribution in [1.29, 1.82) is 0 Å². The van der Waals surface area contributed by atoms with Crippen LogP contribution in [0.1, 0.15) is 23.3 Å². The first-order valence-corrected chi connectivity index (χ1v) is 8.66. The molecule has 3 N–H and O–H groups in total. The molecule has 0 radical (unpaired) electrons. The van der Waals surface area contributed by atoms with Gasteiger partial charge in [0.25, 0.3) is 0 Å². The van der Waals surface area contributed by atoms with Gasteiger partial charge in [-0.05, 0) is 45.9 Å². The van der Waals surface area contributed by atoms with E-state index in [4.69, 9.17) is 15.0 Å². The lowest BCUT2D eigenvalue weighted by Crippen LogP contribution is -2.41. The van der Waals surface area contributed by atoms with Gasteiger partial charge in [0.15, 0.2) is 0 Å². The number of nitrogens with two attached hydrogens (primary N) is 1. The van der Waals surface area contributed by atoms with Gasteiger partial charge in [-0.2, -0.15) is 0 Å². The number of aromatic nitrogens is 2. The number of H-pyrrole nitrogens is 1. The number of Topliss-reactive ketones (excluding diaryl/α,β-unsaturated/α-hetero) is 1. The van der Waals surface area contributed by atoms with Crippen LogP contribution in [0, 0.1) is 0 Å². The van der Waals surface area contributed by atoms with E-state index in [2.05, 4.69) is 5.27 Å². The lowest BCUT2D eigenvalue weighted by molar-refractivity contribution is -0.672. The zero-order chi connectivity index (χ0) is 17.8. The number of allylic oxidation sites excluding steroid dienone is 4. The maximum Gasteiger partial charge on any atom is 0.438 e. The number of ether oxygens (including phenoxy) is 1. The van der Waals surface area contributed by atoms with Crippen LogP contribution in [0.4, 0.5) is 0 Å². The summed E-state index contributed by atoms with van der Waals surface area (Å²) in [5.41, 5.74) is 6.43. The second-order valence-electron chi connectivity index (χ2n) is 5.45. The van der Waals surface area contributed by atoms with E-state index >= 15 is 0 Å². The molecule has 1 aromatic heterocycles. The number of carbonyl (C=O) groups excluding carboxylic acids is 1. The second-order valence-corrected chi connectivity index (χ2v) is 6.55. The summed E-state index contributed by atoms with van der Waals surface area (Å²) in [6, 6.07) is 6.93. The molecule has 7 nitrogen and oxygen atoms in total. The minimum Gasteiger partial charge on any atom is -0.497 e. The van der Waals surface area contributed by atoms with Gasteiger partial charge in [0.2, 0.25) is 11.5 Å². The van der Waals surface area contributed by atoms with Gasteiger partial charge in [-0.3, -0.25) is 9.32 Å². The van der Waals surface area contributed by atoms with E-state index in [-0.39, 0.29) is 17.2 Å². The third-order valence-electron chi connectivity index (χ3n) is 3.77. The Morgan fingerprint density at radius 1 is 1.32 bits per heavy atom. The van der Waals surface area contributed by atoms with E-state index in [0.29, 0.717) is 11.4 Å². The summed E-state index contributed by atoms with van der Waals surface area (Å²) in [7, 11) is 1.57. The highest BCUT2D eigenvalue weighted by Crippen LogP contribution is 2.26. The average Bonchev–Trinajstić information content (AvgIpc) is 3.02. The fraction of sp³-hybridized carbons (Fsp3) is 0.235. The highest BCUT2D eigenvalue weighted by molar-refractivity contribution is 8.03. The number of nitrogens with zero attached hydrogens (tertiary/aromatic N) is 1. The zero-order valence-electron chi connectivity index (χ0n) is 13.7. The standard InChI is InChI=1S/C17H17N3O4S/c1-23-13-6-4-12(5-7-13)20-16(17(22)24-19-20)15(21)10-25-14-8-2-11(18)3-9-14/h2,4-8H,3,9-10,18H2,1H3/p+1. The molecule has 1 aliphatic carbocycles. The van der Waals surface area contributed by atoms with E-state index in [1.807, 2.05) is 12.2 Å². The van der Waals surface area contributed by atoms with Crippen molar-refractivity contribution in [3.8, 4) is 11.4 Å². The van der Waals surface area contributed by atoms with Crippen molar-refractivity contribution in [2.45, 2.75) is 12.8 Å². The van der Waals surface area contributed by atoms with E-state index in [9.17, 15) is 9.59 Å². The van der Waals surface area contributed by atoms with E-state index in [0.717, 1.165) is 23.4 Å². The molecule has 0 spiro atoms. The molecular weight excluding hydrogens is 342 g/mol. The van der Waals surface area contributed by atoms with Crippen LogP contribution in [0.5, 0.6) is 5.75 Å². The molecule has 0 amide bonds. The third kappa shape index (κ3) is 3.85. The summed E-state index contributed by atoms with van der Waals surface area (Å²) in [6.07, 6.45) is 5.35. The largest absolute Gasteiger partial charge is 0.497 e. The Kier molecular flexibility index (Phi) is 5.08. The number of aromatic amines is 1. The van der Waals surface area contributed by atoms with E-state index < -0.39 is 5.63 Å². The minimum absolute atomic E-state index is 0.0378. The highest BCUT2D eigenvalue weighted by Gasteiger charge is 2.30. The van der Waals surface area contributed by atoms with Gasteiger partial charge in [0.05, 0.1) is 12.9 Å². The van der Waals surface area contributed by atoms with Crippen LogP contribution >= 0.6 is 11.8 Å². The molecule has 1 aliphatic rings. The number of methoxy groups -OCH3 is 1. The molecule has 130 valence electrons. The monoisotopic (exact) mass is 360 g/mol. The molecule has 0 saturated carbocycles. The summed E-state index contributed by atoms with van der Waals surface area (Å²) >= 11 is 1.41. The summed E-state index contributed by atoms with van der Waals surface area (Å²) in [4.78, 5) is 25.6. The molecule has 0 bridgehead atoms. The molecule has 1 aromatic carbocycles. The normalized spacial score (nSPS) is 14.0. The lowest BCUT2D eigenvalue weighted by atomic mass is 10.1. The van der Waals surface area contributed by atoms with E-state index in [1.165, 1.54) is 16.4 Å². The molecule has 0 aliphatic heterocycles. The van der Waals surface area contributed by atoms with Gasteiger partial charge in [-0.1, -0.05) is 6.08 Å². The van der Waals surface area contributed by atoms with Gasteiger partial charge in [-0.15, -0.1) is 11.8 Å². The maximum absolute atomic E-state index is 12.5. The van der Waals surface area contributed by atoms with Crippen molar-refractivity contribution < 1.29 is 18.7 Å². The number of hydrogen-bond donors (Lipinski definition) is 2. The smallest absolute Gasteiger partial charge is 0.438 e. The number of rotatable bonds is 6. The van der Waals surface area contributed by atoms with Gasteiger partial charge in [0, 0.05) is 17.8 Å². The zero-order valence-corrected chi connectivity index (χ0v) is 14.5. The third-order valence-corrected chi connectivity index (χ3v) is 4.89. The van der Waals surface area contributed by atoms with Gasteiger partial charge in [-0.25, -0.2) is 4.79 Å². The Bertz CT molecular complexity index is 893. The fourth-order valence-corrected chi connectivity index (χ4v) is 3.27. The molecule has 25 heavy (non-hydrogen) atoms. The number of carbonyl (C=O) groups is 1. The van der Waals surface area contributed by atoms with Crippen LogP contribution in [0.2, 0.25) is 0 Å². The molecule has 1 heterocycles. The minimum atomic E-state index is -0.691. The van der Waals surface area contributed by atoms with Gasteiger partial charge < -0.3 is 10.5 Å². The van der Waals surface area contributed by atoms with Crippen LogP contribution in [-0.2, 0) is 0 Å². The molecule has 0 saturated heterocycles. The van der Waals surface area contributed by atoms with Crippen molar-refractivity contribution in [3.05, 3.63) is 63.1 Å². The van der Waals surface area contributed by atoms with Crippen LogP contribution in [0.15, 0.2) is 56.3 Å². The molecule has 8 heteroatoms. The first kappa shape index (κ1) is 17.1. The molecule has 0 unspecified atom stereocenters. The van der Waals surface area contributed by atoms with Crippen molar-refractivity contribution >= 4 is 17.5 Å². The molecule has 0 fully saturated rings.